The van der Waals surface area contributed by atoms with Gasteiger partial charge in [-0.3, -0.25) is 9.69 Å². The maximum atomic E-state index is 13.1. The number of fused-ring (bicyclic) bond motifs is 3. The van der Waals surface area contributed by atoms with Crippen molar-refractivity contribution in [1.82, 2.24) is 9.55 Å². The first-order chi connectivity index (χ1) is 12.7. The third-order valence-electron chi connectivity index (χ3n) is 5.15. The highest BCUT2D eigenvalue weighted by Gasteiger charge is 2.24. The van der Waals surface area contributed by atoms with E-state index >= 15 is 0 Å². The van der Waals surface area contributed by atoms with Gasteiger partial charge >= 0.3 is 0 Å². The highest BCUT2D eigenvalue weighted by atomic mass is 32.1. The molecule has 0 N–H and O–H groups in total. The third kappa shape index (κ3) is 2.88. The predicted molar refractivity (Wildman–Crippen MR) is 105 cm³/mol. The summed E-state index contributed by atoms with van der Waals surface area (Å²) < 4.78 is 7.62. The highest BCUT2D eigenvalue weighted by molar-refractivity contribution is 7.13. The molecule has 1 aliphatic rings. The normalized spacial score (nSPS) is 13.6. The molecule has 136 valence electrons. The summed E-state index contributed by atoms with van der Waals surface area (Å²) in [6, 6.07) is 6.20. The zero-order valence-electron chi connectivity index (χ0n) is 15.2. The Balaban J connectivity index is 1.76. The SMILES string of the molecule is CCN(C(=O)Cn1c2c(c3ccc(OC)cc31)CCCC2)c1nccs1. The number of carbonyl (C=O) groups is 1. The molecule has 26 heavy (non-hydrogen) atoms. The molecule has 4 rings (SSSR count). The molecule has 1 aromatic carbocycles. The average molecular weight is 369 g/mol. The topological polar surface area (TPSA) is 47.4 Å². The zero-order valence-corrected chi connectivity index (χ0v) is 16.0. The molecule has 0 saturated heterocycles. The van der Waals surface area contributed by atoms with Crippen LogP contribution in [0.5, 0.6) is 5.75 Å². The number of benzene rings is 1. The predicted octanol–water partition coefficient (Wildman–Crippen LogP) is 4.04. The molecule has 0 bridgehead atoms. The Labute approximate surface area is 157 Å². The van der Waals surface area contributed by atoms with Crippen LogP contribution in [0.1, 0.15) is 31.0 Å². The van der Waals surface area contributed by atoms with Crippen molar-refractivity contribution in [3.05, 3.63) is 41.0 Å². The summed E-state index contributed by atoms with van der Waals surface area (Å²) in [6.45, 7) is 2.95. The van der Waals surface area contributed by atoms with Crippen LogP contribution in [0.15, 0.2) is 29.8 Å². The van der Waals surface area contributed by atoms with Gasteiger partial charge in [0.2, 0.25) is 5.91 Å². The molecule has 0 spiro atoms. The highest BCUT2D eigenvalue weighted by Crippen LogP contribution is 2.34. The molecule has 0 fully saturated rings. The summed E-state index contributed by atoms with van der Waals surface area (Å²) in [6.07, 6.45) is 6.25. The molecule has 1 amide bonds. The molecule has 0 atom stereocenters. The maximum Gasteiger partial charge on any atom is 0.248 e. The van der Waals surface area contributed by atoms with E-state index in [1.165, 1.54) is 40.8 Å². The Morgan fingerprint density at radius 3 is 2.92 bits per heavy atom. The number of likely N-dealkylation sites (N-methyl/N-ethyl adjacent to an activating group) is 1. The molecule has 0 radical (unpaired) electrons. The number of anilines is 1. The van der Waals surface area contributed by atoms with Gasteiger partial charge in [-0.25, -0.2) is 4.98 Å². The largest absolute Gasteiger partial charge is 0.497 e. The fraction of sp³-hybridized carbons (Fsp3) is 0.400. The van der Waals surface area contributed by atoms with E-state index in [0.29, 0.717) is 13.1 Å². The van der Waals surface area contributed by atoms with Crippen LogP contribution in [0, 0.1) is 0 Å². The van der Waals surface area contributed by atoms with Crippen molar-refractivity contribution in [3.8, 4) is 5.75 Å². The number of carbonyl (C=O) groups excluding carboxylic acids is 1. The Bertz CT molecular complexity index is 930. The van der Waals surface area contributed by atoms with Crippen LogP contribution < -0.4 is 9.64 Å². The first kappa shape index (κ1) is 17.1. The lowest BCUT2D eigenvalue weighted by atomic mass is 9.95. The van der Waals surface area contributed by atoms with Crippen molar-refractivity contribution in [3.63, 3.8) is 0 Å². The molecular formula is C20H23N3O2S. The quantitative estimate of drug-likeness (QED) is 0.682. The summed E-state index contributed by atoms with van der Waals surface area (Å²) in [5, 5.41) is 3.93. The number of thiazole rings is 1. The van der Waals surface area contributed by atoms with Crippen molar-refractivity contribution in [1.29, 1.82) is 0 Å². The first-order valence-electron chi connectivity index (χ1n) is 9.10. The van der Waals surface area contributed by atoms with Gasteiger partial charge in [-0.2, -0.15) is 0 Å². The molecule has 0 aliphatic heterocycles. The Hall–Kier alpha value is -2.34. The Morgan fingerprint density at radius 1 is 1.35 bits per heavy atom. The number of methoxy groups -OCH3 is 1. The Morgan fingerprint density at radius 2 is 2.19 bits per heavy atom. The van der Waals surface area contributed by atoms with E-state index in [1.54, 1.807) is 18.2 Å². The summed E-state index contributed by atoms with van der Waals surface area (Å²) in [7, 11) is 1.68. The van der Waals surface area contributed by atoms with Crippen molar-refractivity contribution in [2.75, 3.05) is 18.6 Å². The van der Waals surface area contributed by atoms with Gasteiger partial charge < -0.3 is 9.30 Å². The van der Waals surface area contributed by atoms with E-state index < -0.39 is 0 Å². The van der Waals surface area contributed by atoms with E-state index in [0.717, 1.165) is 29.2 Å². The number of amides is 1. The number of ether oxygens (including phenoxy) is 1. The number of aryl methyl sites for hydroxylation is 1. The number of aromatic nitrogens is 2. The zero-order chi connectivity index (χ0) is 18.1. The fourth-order valence-electron chi connectivity index (χ4n) is 3.91. The van der Waals surface area contributed by atoms with Gasteiger partial charge in [0.15, 0.2) is 5.13 Å². The van der Waals surface area contributed by atoms with E-state index in [4.69, 9.17) is 4.74 Å². The molecule has 2 aromatic heterocycles. The van der Waals surface area contributed by atoms with Gasteiger partial charge in [0.25, 0.3) is 0 Å². The van der Waals surface area contributed by atoms with E-state index in [-0.39, 0.29) is 5.91 Å². The molecule has 0 unspecified atom stereocenters. The molecular weight excluding hydrogens is 346 g/mol. The van der Waals surface area contributed by atoms with Crippen LogP contribution in [0.3, 0.4) is 0 Å². The van der Waals surface area contributed by atoms with Crippen LogP contribution >= 0.6 is 11.3 Å². The van der Waals surface area contributed by atoms with Crippen molar-refractivity contribution < 1.29 is 9.53 Å². The lowest BCUT2D eigenvalue weighted by Crippen LogP contribution is -2.34. The van der Waals surface area contributed by atoms with Gasteiger partial charge in [0, 0.05) is 35.3 Å². The molecule has 0 saturated carbocycles. The van der Waals surface area contributed by atoms with E-state index in [1.807, 2.05) is 18.4 Å². The van der Waals surface area contributed by atoms with Gasteiger partial charge in [-0.05, 0) is 50.3 Å². The molecule has 3 aromatic rings. The lowest BCUT2D eigenvalue weighted by molar-refractivity contribution is -0.119. The van der Waals surface area contributed by atoms with Crippen molar-refractivity contribution in [2.45, 2.75) is 39.2 Å². The minimum atomic E-state index is 0.0792. The summed E-state index contributed by atoms with van der Waals surface area (Å²) in [5.41, 5.74) is 3.81. The summed E-state index contributed by atoms with van der Waals surface area (Å²) in [5.74, 6) is 0.906. The van der Waals surface area contributed by atoms with Crippen LogP contribution in [0.4, 0.5) is 5.13 Å². The van der Waals surface area contributed by atoms with Gasteiger partial charge in [0.05, 0.1) is 12.6 Å². The van der Waals surface area contributed by atoms with Crippen molar-refractivity contribution >= 4 is 33.3 Å². The smallest absolute Gasteiger partial charge is 0.248 e. The van der Waals surface area contributed by atoms with Gasteiger partial charge in [-0.15, -0.1) is 11.3 Å². The minimum Gasteiger partial charge on any atom is -0.497 e. The van der Waals surface area contributed by atoms with Crippen LogP contribution in [-0.2, 0) is 24.2 Å². The number of hydrogen-bond donors (Lipinski definition) is 0. The van der Waals surface area contributed by atoms with Crippen LogP contribution in [0.25, 0.3) is 10.9 Å². The second kappa shape index (κ2) is 7.11. The van der Waals surface area contributed by atoms with Gasteiger partial charge in [-0.1, -0.05) is 0 Å². The van der Waals surface area contributed by atoms with E-state index in [2.05, 4.69) is 21.7 Å². The standard InChI is InChI=1S/C20H23N3O2S/c1-3-22(20-21-10-11-26-20)19(24)13-23-17-7-5-4-6-15(17)16-9-8-14(25-2)12-18(16)23/h8-12H,3-7,13H2,1-2H3. The van der Waals surface area contributed by atoms with Gasteiger partial charge in [0.1, 0.15) is 12.3 Å². The average Bonchev–Trinajstić information content (AvgIpc) is 3.30. The van der Waals surface area contributed by atoms with Crippen molar-refractivity contribution in [2.24, 2.45) is 0 Å². The number of hydrogen-bond acceptors (Lipinski definition) is 4. The lowest BCUT2D eigenvalue weighted by Gasteiger charge is -2.21. The minimum absolute atomic E-state index is 0.0792. The maximum absolute atomic E-state index is 13.1. The third-order valence-corrected chi connectivity index (χ3v) is 5.94. The molecule has 1 aliphatic carbocycles. The summed E-state index contributed by atoms with van der Waals surface area (Å²) >= 11 is 1.50. The van der Waals surface area contributed by atoms with E-state index in [9.17, 15) is 4.79 Å². The number of nitrogens with zero attached hydrogens (tertiary/aromatic N) is 3. The first-order valence-corrected chi connectivity index (χ1v) is 9.98. The van der Waals surface area contributed by atoms with Crippen LogP contribution in [0.2, 0.25) is 0 Å². The number of rotatable bonds is 5. The monoisotopic (exact) mass is 369 g/mol. The molecule has 2 heterocycles. The van der Waals surface area contributed by atoms with Crippen LogP contribution in [-0.4, -0.2) is 29.1 Å². The fourth-order valence-corrected chi connectivity index (χ4v) is 4.63. The second-order valence-electron chi connectivity index (χ2n) is 6.55. The second-order valence-corrected chi connectivity index (χ2v) is 7.43. The molecule has 6 heteroatoms. The summed E-state index contributed by atoms with van der Waals surface area (Å²) in [4.78, 5) is 19.1. The Kier molecular flexibility index (Phi) is 4.68. The molecule has 5 nitrogen and oxygen atoms in total.